The van der Waals surface area contributed by atoms with Crippen molar-refractivity contribution < 1.29 is 0 Å². The van der Waals surface area contributed by atoms with Gasteiger partial charge in [-0.15, -0.1) is 0 Å². The van der Waals surface area contributed by atoms with Gasteiger partial charge in [0.1, 0.15) is 0 Å². The lowest BCUT2D eigenvalue weighted by Gasteiger charge is -2.40. The van der Waals surface area contributed by atoms with Crippen molar-refractivity contribution in [3.8, 4) is 11.1 Å². The van der Waals surface area contributed by atoms with Gasteiger partial charge in [-0.1, -0.05) is 109 Å². The van der Waals surface area contributed by atoms with Crippen molar-refractivity contribution in [3.63, 3.8) is 0 Å². The van der Waals surface area contributed by atoms with E-state index in [4.69, 9.17) is 0 Å². The summed E-state index contributed by atoms with van der Waals surface area (Å²) in [6.07, 6.45) is 0. The Balaban J connectivity index is 0.994. The third-order valence-electron chi connectivity index (χ3n) is 10.1. The first-order valence-electron chi connectivity index (χ1n) is 17.7. The van der Waals surface area contributed by atoms with E-state index in [1.165, 1.54) is 11.1 Å². The normalized spacial score (nSPS) is 12.8. The van der Waals surface area contributed by atoms with Crippen LogP contribution in [-0.4, -0.2) is 0 Å². The number of anilines is 12. The lowest BCUT2D eigenvalue weighted by atomic mass is 10.0. The van der Waals surface area contributed by atoms with E-state index in [1.807, 2.05) is 0 Å². The smallest absolute Gasteiger partial charge is 0.0703 e. The number of hydrogen-bond acceptors (Lipinski definition) is 4. The fourth-order valence-corrected chi connectivity index (χ4v) is 7.76. The first kappa shape index (κ1) is 29.8. The van der Waals surface area contributed by atoms with Crippen molar-refractivity contribution in [1.82, 2.24) is 0 Å². The molecule has 0 spiro atoms. The Bertz CT molecular complexity index is 2250. The summed E-state index contributed by atoms with van der Waals surface area (Å²) in [5.41, 5.74) is 16.1. The van der Waals surface area contributed by atoms with Gasteiger partial charge in [0.2, 0.25) is 0 Å². The third-order valence-corrected chi connectivity index (χ3v) is 10.1. The molecule has 2 aliphatic heterocycles. The molecule has 8 aromatic rings. The molecule has 4 heteroatoms. The molecule has 246 valence electrons. The monoisotopic (exact) mass is 666 g/mol. The minimum Gasteiger partial charge on any atom is -0.306 e. The lowest BCUT2D eigenvalue weighted by molar-refractivity contribution is 1.17. The molecular formula is C48H34N4. The summed E-state index contributed by atoms with van der Waals surface area (Å²) in [7, 11) is 0. The minimum atomic E-state index is 1.12. The molecule has 10 rings (SSSR count). The number of fused-ring (bicyclic) bond motifs is 4. The molecule has 0 aliphatic carbocycles. The van der Waals surface area contributed by atoms with Crippen molar-refractivity contribution in [2.75, 3.05) is 19.6 Å². The van der Waals surface area contributed by atoms with Gasteiger partial charge in [-0.25, -0.2) is 0 Å². The van der Waals surface area contributed by atoms with Crippen LogP contribution < -0.4 is 19.6 Å². The third kappa shape index (κ3) is 4.84. The van der Waals surface area contributed by atoms with Crippen molar-refractivity contribution >= 4 is 68.2 Å². The largest absolute Gasteiger partial charge is 0.306 e. The molecule has 0 amide bonds. The van der Waals surface area contributed by atoms with E-state index in [0.29, 0.717) is 0 Å². The Hall–Kier alpha value is -7.04. The van der Waals surface area contributed by atoms with Gasteiger partial charge >= 0.3 is 0 Å². The minimum absolute atomic E-state index is 1.12. The zero-order valence-corrected chi connectivity index (χ0v) is 28.4. The van der Waals surface area contributed by atoms with Crippen LogP contribution in [0.3, 0.4) is 0 Å². The predicted octanol–water partition coefficient (Wildman–Crippen LogP) is 13.9. The molecule has 0 saturated carbocycles. The van der Waals surface area contributed by atoms with Crippen molar-refractivity contribution in [2.24, 2.45) is 0 Å². The van der Waals surface area contributed by atoms with Crippen LogP contribution >= 0.6 is 0 Å². The van der Waals surface area contributed by atoms with Crippen LogP contribution in [0.1, 0.15) is 0 Å². The number of hydrogen-bond donors (Lipinski definition) is 0. The molecule has 0 aromatic heterocycles. The fraction of sp³-hybridized carbons (Fsp3) is 0. The molecule has 0 saturated heterocycles. The number of nitrogens with zero attached hydrogens (tertiary/aromatic N) is 4. The highest BCUT2D eigenvalue weighted by atomic mass is 15.3. The Morgan fingerprint density at radius 2 is 0.365 bits per heavy atom. The molecule has 0 fully saturated rings. The predicted molar refractivity (Wildman–Crippen MR) is 218 cm³/mol. The van der Waals surface area contributed by atoms with Crippen molar-refractivity contribution in [1.29, 1.82) is 0 Å². The van der Waals surface area contributed by atoms with E-state index in [2.05, 4.69) is 226 Å². The number of rotatable bonds is 5. The van der Waals surface area contributed by atoms with Crippen LogP contribution in [0, 0.1) is 0 Å². The summed E-state index contributed by atoms with van der Waals surface area (Å²) in [5.74, 6) is 0. The molecule has 2 aliphatic rings. The maximum Gasteiger partial charge on any atom is 0.0703 e. The second-order valence-electron chi connectivity index (χ2n) is 13.1. The summed E-state index contributed by atoms with van der Waals surface area (Å²) >= 11 is 0. The molecule has 0 bridgehead atoms. The van der Waals surface area contributed by atoms with E-state index < -0.39 is 0 Å². The molecule has 0 N–H and O–H groups in total. The highest BCUT2D eigenvalue weighted by molar-refractivity contribution is 6.03. The van der Waals surface area contributed by atoms with Crippen LogP contribution in [0.25, 0.3) is 11.1 Å². The van der Waals surface area contributed by atoms with Crippen LogP contribution in [0.2, 0.25) is 0 Å². The van der Waals surface area contributed by atoms with E-state index in [0.717, 1.165) is 68.2 Å². The fourth-order valence-electron chi connectivity index (χ4n) is 7.76. The van der Waals surface area contributed by atoms with Gasteiger partial charge in [0.25, 0.3) is 0 Å². The summed E-state index contributed by atoms with van der Waals surface area (Å²) < 4.78 is 0. The molecular weight excluding hydrogens is 633 g/mol. The summed E-state index contributed by atoms with van der Waals surface area (Å²) in [6.45, 7) is 0. The van der Waals surface area contributed by atoms with E-state index in [-0.39, 0.29) is 0 Å². The molecule has 52 heavy (non-hydrogen) atoms. The lowest BCUT2D eigenvalue weighted by Crippen LogP contribution is -2.23. The van der Waals surface area contributed by atoms with Gasteiger partial charge in [0.05, 0.1) is 45.5 Å². The summed E-state index contributed by atoms with van der Waals surface area (Å²) in [6, 6.07) is 73.8. The first-order chi connectivity index (χ1) is 25.8. The van der Waals surface area contributed by atoms with Crippen LogP contribution in [0.5, 0.6) is 0 Å². The zero-order chi connectivity index (χ0) is 34.4. The van der Waals surface area contributed by atoms with E-state index in [9.17, 15) is 0 Å². The average Bonchev–Trinajstić information content (AvgIpc) is 3.22. The first-order valence-corrected chi connectivity index (χ1v) is 17.7. The van der Waals surface area contributed by atoms with Gasteiger partial charge in [0, 0.05) is 22.7 Å². The van der Waals surface area contributed by atoms with Gasteiger partial charge in [-0.05, 0) is 108 Å². The molecule has 2 heterocycles. The molecule has 0 atom stereocenters. The Labute approximate surface area is 304 Å². The topological polar surface area (TPSA) is 13.0 Å². The highest BCUT2D eigenvalue weighted by Gasteiger charge is 2.31. The van der Waals surface area contributed by atoms with E-state index >= 15 is 0 Å². The Kier molecular flexibility index (Phi) is 7.10. The van der Waals surface area contributed by atoms with Crippen molar-refractivity contribution in [2.45, 2.75) is 0 Å². The SMILES string of the molecule is c1ccc(N2c3ccccc3N(c3ccc(-c4ccc(N5c6ccccc6N(c6ccccc6)c6ccccc65)cc4)cc3)c3ccccc32)cc1. The van der Waals surface area contributed by atoms with Crippen LogP contribution in [0.4, 0.5) is 68.2 Å². The Morgan fingerprint density at radius 1 is 0.173 bits per heavy atom. The van der Waals surface area contributed by atoms with Gasteiger partial charge in [-0.3, -0.25) is 0 Å². The number of para-hydroxylation sites is 10. The molecule has 8 aromatic carbocycles. The Morgan fingerprint density at radius 3 is 0.596 bits per heavy atom. The zero-order valence-electron chi connectivity index (χ0n) is 28.4. The van der Waals surface area contributed by atoms with Crippen molar-refractivity contribution in [3.05, 3.63) is 206 Å². The van der Waals surface area contributed by atoms with Crippen LogP contribution in [0.15, 0.2) is 206 Å². The molecule has 0 unspecified atom stereocenters. The maximum atomic E-state index is 2.38. The highest BCUT2D eigenvalue weighted by Crippen LogP contribution is 2.55. The van der Waals surface area contributed by atoms with Gasteiger partial charge < -0.3 is 19.6 Å². The van der Waals surface area contributed by atoms with Gasteiger partial charge in [0.15, 0.2) is 0 Å². The van der Waals surface area contributed by atoms with E-state index in [1.54, 1.807) is 0 Å². The quantitative estimate of drug-likeness (QED) is 0.181. The second-order valence-corrected chi connectivity index (χ2v) is 13.1. The number of benzene rings is 8. The van der Waals surface area contributed by atoms with Gasteiger partial charge in [-0.2, -0.15) is 0 Å². The summed E-state index contributed by atoms with van der Waals surface area (Å²) in [4.78, 5) is 9.47. The molecule has 0 radical (unpaired) electrons. The summed E-state index contributed by atoms with van der Waals surface area (Å²) in [5, 5.41) is 0. The van der Waals surface area contributed by atoms with Crippen LogP contribution in [-0.2, 0) is 0 Å². The maximum absolute atomic E-state index is 2.38. The average molecular weight is 667 g/mol. The second kappa shape index (κ2) is 12.4. The molecule has 4 nitrogen and oxygen atoms in total. The standard InChI is InChI=1S/C48H34N4/c1-3-15-37(16-4-1)49-41-19-7-11-23-45(41)51(46-24-12-8-20-42(46)49)39-31-27-35(28-32-39)36-29-33-40(34-30-36)52-47-25-13-9-21-43(47)50(38-17-5-2-6-18-38)44-22-10-14-26-48(44)52/h1-34H.